The second-order valence-corrected chi connectivity index (χ2v) is 9.79. The lowest BCUT2D eigenvalue weighted by Crippen LogP contribution is -2.43. The highest BCUT2D eigenvalue weighted by molar-refractivity contribution is 14.0. The maximum absolute atomic E-state index is 12.8. The van der Waals surface area contributed by atoms with Crippen LogP contribution in [0.5, 0.6) is 0 Å². The van der Waals surface area contributed by atoms with Crippen LogP contribution in [0.25, 0.3) is 0 Å². The Morgan fingerprint density at radius 1 is 0.971 bits per heavy atom. The van der Waals surface area contributed by atoms with E-state index < -0.39 is 0 Å². The molecule has 5 rings (SSSR count). The molecule has 4 aliphatic rings. The van der Waals surface area contributed by atoms with Crippen molar-refractivity contribution in [3.63, 3.8) is 0 Å². The number of imide groups is 1. The second-order valence-electron chi connectivity index (χ2n) is 9.79. The lowest BCUT2D eigenvalue weighted by Gasteiger charge is -2.27. The number of fused-ring (bicyclic) bond motifs is 5. The summed E-state index contributed by atoms with van der Waals surface area (Å²) < 4.78 is 0. The average molecular weight is 578 g/mol. The minimum Gasteiger partial charge on any atom is -0.355 e. The molecule has 184 valence electrons. The number of allylic oxidation sites excluding steroid dienone is 2. The van der Waals surface area contributed by atoms with Crippen molar-refractivity contribution in [2.24, 2.45) is 28.7 Å². The van der Waals surface area contributed by atoms with Gasteiger partial charge >= 0.3 is 0 Å². The van der Waals surface area contributed by atoms with Gasteiger partial charge in [0, 0.05) is 33.2 Å². The number of amides is 2. The molecule has 4 unspecified atom stereocenters. The number of rotatable bonds is 7. The fourth-order valence-electron chi connectivity index (χ4n) is 6.11. The number of benzene rings is 1. The van der Waals surface area contributed by atoms with Crippen molar-refractivity contribution in [3.8, 4) is 0 Å². The van der Waals surface area contributed by atoms with Crippen LogP contribution >= 0.6 is 24.0 Å². The number of nitrogens with one attached hydrogen (secondary N) is 2. The standard InChI is InChI=1S/C26H35N5O2.HI/c1-27-26(29-16-20-7-3-4-8-21(20)17-30-12-5-2-6-13-30)28-11-14-31-24(32)22-18-9-10-19(15-18)23(22)25(31)33;/h3-4,7-10,18-19,22-23H,2,5-6,11-17H2,1H3,(H2,27,28,29);1H. The Bertz CT molecular complexity index is 928. The molecule has 34 heavy (non-hydrogen) atoms. The van der Waals surface area contributed by atoms with Crippen LogP contribution in [-0.4, -0.2) is 60.8 Å². The van der Waals surface area contributed by atoms with Crippen molar-refractivity contribution in [2.75, 3.05) is 33.2 Å². The van der Waals surface area contributed by atoms with E-state index in [4.69, 9.17) is 0 Å². The Kier molecular flexibility index (Phi) is 8.29. The molecule has 2 aliphatic heterocycles. The third kappa shape index (κ3) is 5.03. The van der Waals surface area contributed by atoms with E-state index in [2.05, 4.69) is 56.9 Å². The van der Waals surface area contributed by atoms with Gasteiger partial charge in [-0.1, -0.05) is 42.8 Å². The van der Waals surface area contributed by atoms with Crippen molar-refractivity contribution in [1.29, 1.82) is 0 Å². The van der Waals surface area contributed by atoms with E-state index in [0.717, 1.165) is 13.0 Å². The van der Waals surface area contributed by atoms with Gasteiger partial charge in [-0.15, -0.1) is 24.0 Å². The number of carbonyl (C=O) groups excluding carboxylic acids is 2. The summed E-state index contributed by atoms with van der Waals surface area (Å²) >= 11 is 0. The van der Waals surface area contributed by atoms with Crippen LogP contribution in [-0.2, 0) is 22.7 Å². The largest absolute Gasteiger partial charge is 0.355 e. The summed E-state index contributed by atoms with van der Waals surface area (Å²) in [5.41, 5.74) is 2.62. The molecule has 2 saturated heterocycles. The van der Waals surface area contributed by atoms with Crippen molar-refractivity contribution < 1.29 is 9.59 Å². The normalized spacial score (nSPS) is 28.3. The van der Waals surface area contributed by atoms with Gasteiger partial charge in [-0.05, 0) is 55.3 Å². The first-order valence-electron chi connectivity index (χ1n) is 12.4. The monoisotopic (exact) mass is 577 g/mol. The quantitative estimate of drug-likeness (QED) is 0.172. The predicted octanol–water partition coefficient (Wildman–Crippen LogP) is 2.76. The van der Waals surface area contributed by atoms with Gasteiger partial charge in [0.2, 0.25) is 11.8 Å². The number of carbonyl (C=O) groups is 2. The van der Waals surface area contributed by atoms with Gasteiger partial charge in [-0.3, -0.25) is 24.4 Å². The van der Waals surface area contributed by atoms with Gasteiger partial charge in [-0.2, -0.15) is 0 Å². The number of nitrogens with zero attached hydrogens (tertiary/aromatic N) is 3. The highest BCUT2D eigenvalue weighted by Crippen LogP contribution is 2.52. The zero-order valence-electron chi connectivity index (χ0n) is 19.9. The molecule has 2 amide bonds. The van der Waals surface area contributed by atoms with E-state index in [1.165, 1.54) is 48.4 Å². The Balaban J connectivity index is 0.00000274. The van der Waals surface area contributed by atoms with Crippen LogP contribution in [0, 0.1) is 23.7 Å². The summed E-state index contributed by atoms with van der Waals surface area (Å²) in [4.78, 5) is 34.0. The summed E-state index contributed by atoms with van der Waals surface area (Å²) in [7, 11) is 1.74. The van der Waals surface area contributed by atoms with Gasteiger partial charge in [0.05, 0.1) is 11.8 Å². The van der Waals surface area contributed by atoms with Crippen molar-refractivity contribution >= 4 is 41.8 Å². The number of guanidine groups is 1. The molecular weight excluding hydrogens is 541 g/mol. The Hall–Kier alpha value is -1.94. The van der Waals surface area contributed by atoms with E-state index >= 15 is 0 Å². The maximum atomic E-state index is 12.8. The first kappa shape index (κ1) is 25.2. The fourth-order valence-corrected chi connectivity index (χ4v) is 6.11. The van der Waals surface area contributed by atoms with Crippen molar-refractivity contribution in [2.45, 2.75) is 38.8 Å². The minimum absolute atomic E-state index is 0. The van der Waals surface area contributed by atoms with Crippen LogP contribution in [0.1, 0.15) is 36.8 Å². The summed E-state index contributed by atoms with van der Waals surface area (Å²) in [6.45, 7) is 4.91. The number of aliphatic imine (C=N–C) groups is 1. The topological polar surface area (TPSA) is 77.0 Å². The molecule has 2 N–H and O–H groups in total. The van der Waals surface area contributed by atoms with E-state index in [-0.39, 0.29) is 59.5 Å². The maximum Gasteiger partial charge on any atom is 0.233 e. The average Bonchev–Trinajstić information content (AvgIpc) is 3.52. The second kappa shape index (κ2) is 11.2. The first-order valence-corrected chi connectivity index (χ1v) is 12.4. The summed E-state index contributed by atoms with van der Waals surface area (Å²) in [6.07, 6.45) is 9.16. The predicted molar refractivity (Wildman–Crippen MR) is 144 cm³/mol. The van der Waals surface area contributed by atoms with Gasteiger partial charge in [-0.25, -0.2) is 0 Å². The van der Waals surface area contributed by atoms with Crippen LogP contribution < -0.4 is 10.6 Å². The molecule has 2 heterocycles. The number of halogens is 1. The minimum atomic E-state index is -0.124. The van der Waals surface area contributed by atoms with Crippen LogP contribution in [0.15, 0.2) is 41.4 Å². The lowest BCUT2D eigenvalue weighted by atomic mass is 9.85. The lowest BCUT2D eigenvalue weighted by molar-refractivity contribution is -0.140. The van der Waals surface area contributed by atoms with Gasteiger partial charge in [0.1, 0.15) is 0 Å². The van der Waals surface area contributed by atoms with Gasteiger partial charge in [0.15, 0.2) is 5.96 Å². The molecule has 2 bridgehead atoms. The SMILES string of the molecule is CN=C(NCCN1C(=O)C2C3C=CC(C3)C2C1=O)NCc1ccccc1CN1CCCCC1.I. The third-order valence-corrected chi connectivity index (χ3v) is 7.82. The fraction of sp³-hybridized carbons (Fsp3) is 0.577. The highest BCUT2D eigenvalue weighted by atomic mass is 127. The molecular formula is C26H36IN5O2. The van der Waals surface area contributed by atoms with Crippen molar-refractivity contribution in [3.05, 3.63) is 47.5 Å². The number of likely N-dealkylation sites (tertiary alicyclic amines) is 2. The summed E-state index contributed by atoms with van der Waals surface area (Å²) in [6, 6.07) is 8.57. The first-order chi connectivity index (χ1) is 16.2. The molecule has 1 saturated carbocycles. The Morgan fingerprint density at radius 2 is 1.62 bits per heavy atom. The smallest absolute Gasteiger partial charge is 0.233 e. The van der Waals surface area contributed by atoms with E-state index in [0.29, 0.717) is 25.6 Å². The molecule has 1 aromatic carbocycles. The number of hydrogen-bond acceptors (Lipinski definition) is 4. The van der Waals surface area contributed by atoms with E-state index in [1.807, 2.05) is 0 Å². The molecule has 0 radical (unpaired) electrons. The summed E-state index contributed by atoms with van der Waals surface area (Å²) in [5.74, 6) is 0.977. The Labute approximate surface area is 219 Å². The molecule has 8 heteroatoms. The van der Waals surface area contributed by atoms with Gasteiger partial charge < -0.3 is 10.6 Å². The van der Waals surface area contributed by atoms with Crippen LogP contribution in [0.2, 0.25) is 0 Å². The summed E-state index contributed by atoms with van der Waals surface area (Å²) in [5, 5.41) is 6.68. The number of piperidine rings is 1. The van der Waals surface area contributed by atoms with Crippen LogP contribution in [0.3, 0.4) is 0 Å². The molecule has 1 aromatic rings. The molecule has 3 fully saturated rings. The Morgan fingerprint density at radius 3 is 2.26 bits per heavy atom. The van der Waals surface area contributed by atoms with Gasteiger partial charge in [0.25, 0.3) is 0 Å². The number of hydrogen-bond donors (Lipinski definition) is 2. The van der Waals surface area contributed by atoms with Crippen LogP contribution in [0.4, 0.5) is 0 Å². The van der Waals surface area contributed by atoms with Crippen molar-refractivity contribution in [1.82, 2.24) is 20.4 Å². The molecule has 4 atom stereocenters. The highest BCUT2D eigenvalue weighted by Gasteiger charge is 2.58. The van der Waals surface area contributed by atoms with E-state index in [9.17, 15) is 9.59 Å². The zero-order valence-corrected chi connectivity index (χ0v) is 22.2. The van der Waals surface area contributed by atoms with E-state index in [1.54, 1.807) is 7.05 Å². The zero-order chi connectivity index (χ0) is 22.8. The molecule has 2 aliphatic carbocycles. The molecule has 0 aromatic heterocycles. The molecule has 7 nitrogen and oxygen atoms in total. The molecule has 0 spiro atoms. The third-order valence-electron chi connectivity index (χ3n) is 7.82.